The molecule has 0 radical (unpaired) electrons. The molecule has 1 aromatic rings. The average Bonchev–Trinajstić information content (AvgIpc) is 2.29. The number of nitrogens with zero attached hydrogens (tertiary/aromatic N) is 1. The summed E-state index contributed by atoms with van der Waals surface area (Å²) >= 11 is 0. The lowest BCUT2D eigenvalue weighted by Crippen LogP contribution is -2.35. The molecule has 1 fully saturated rings. The standard InChI is InChI=1S/C12H14F4N2/c13-8-7-9(14)11(16)12(10(8)15)18-5-1-3-17-4-2-6-18/h7,17H,1-6H2. The molecule has 1 aliphatic rings. The third kappa shape index (κ3) is 2.58. The minimum atomic E-state index is -1.36. The molecule has 0 aromatic heterocycles. The van der Waals surface area contributed by atoms with Crippen molar-refractivity contribution in [2.24, 2.45) is 0 Å². The summed E-state index contributed by atoms with van der Waals surface area (Å²) in [6.07, 6.45) is 1.33. The Kier molecular flexibility index (Phi) is 4.06. The SMILES string of the molecule is Fc1cc(F)c(F)c(N2CCCNCCC2)c1F. The summed E-state index contributed by atoms with van der Waals surface area (Å²) in [4.78, 5) is 1.37. The van der Waals surface area contributed by atoms with Crippen LogP contribution in [-0.2, 0) is 0 Å². The fourth-order valence-corrected chi connectivity index (χ4v) is 2.09. The van der Waals surface area contributed by atoms with Crippen LogP contribution in [0, 0.1) is 23.3 Å². The number of hydrogen-bond donors (Lipinski definition) is 1. The number of nitrogens with one attached hydrogen (secondary N) is 1. The van der Waals surface area contributed by atoms with Crippen molar-refractivity contribution in [3.8, 4) is 0 Å². The molecule has 1 N–H and O–H groups in total. The predicted octanol–water partition coefficient (Wildman–Crippen LogP) is 2.43. The van der Waals surface area contributed by atoms with Crippen LogP contribution in [0.4, 0.5) is 23.2 Å². The van der Waals surface area contributed by atoms with E-state index in [1.54, 1.807) is 0 Å². The van der Waals surface area contributed by atoms with E-state index in [0.29, 0.717) is 25.9 Å². The molecule has 0 atom stereocenters. The molecule has 0 aliphatic carbocycles. The minimum absolute atomic E-state index is 0.236. The van der Waals surface area contributed by atoms with Crippen molar-refractivity contribution < 1.29 is 17.6 Å². The summed E-state index contributed by atoms with van der Waals surface area (Å²) in [6, 6.07) is 0.236. The normalized spacial score (nSPS) is 17.4. The number of anilines is 1. The Labute approximate surface area is 103 Å². The van der Waals surface area contributed by atoms with Gasteiger partial charge < -0.3 is 10.2 Å². The van der Waals surface area contributed by atoms with Gasteiger partial charge in [0, 0.05) is 19.2 Å². The Balaban J connectivity index is 2.35. The number of halogens is 4. The second-order valence-corrected chi connectivity index (χ2v) is 4.26. The van der Waals surface area contributed by atoms with Gasteiger partial charge in [-0.1, -0.05) is 0 Å². The second kappa shape index (κ2) is 5.56. The first-order valence-electron chi connectivity index (χ1n) is 5.90. The van der Waals surface area contributed by atoms with Crippen LogP contribution in [0.25, 0.3) is 0 Å². The Morgan fingerprint density at radius 2 is 1.39 bits per heavy atom. The maximum atomic E-state index is 13.6. The van der Waals surface area contributed by atoms with Gasteiger partial charge in [-0.15, -0.1) is 0 Å². The van der Waals surface area contributed by atoms with Gasteiger partial charge in [-0.2, -0.15) is 0 Å². The smallest absolute Gasteiger partial charge is 0.185 e. The molecule has 1 saturated heterocycles. The maximum Gasteiger partial charge on any atom is 0.185 e. The molecule has 2 rings (SSSR count). The van der Waals surface area contributed by atoms with Crippen molar-refractivity contribution in [2.45, 2.75) is 12.8 Å². The summed E-state index contributed by atoms with van der Waals surface area (Å²) in [7, 11) is 0. The highest BCUT2D eigenvalue weighted by molar-refractivity contribution is 5.50. The Morgan fingerprint density at radius 1 is 0.889 bits per heavy atom. The lowest BCUT2D eigenvalue weighted by Gasteiger charge is -2.28. The van der Waals surface area contributed by atoms with Crippen molar-refractivity contribution in [1.82, 2.24) is 5.32 Å². The van der Waals surface area contributed by atoms with Crippen LogP contribution in [-0.4, -0.2) is 26.2 Å². The molecule has 100 valence electrons. The van der Waals surface area contributed by atoms with E-state index in [1.807, 2.05) is 0 Å². The lowest BCUT2D eigenvalue weighted by atomic mass is 10.2. The first-order valence-corrected chi connectivity index (χ1v) is 5.90. The van der Waals surface area contributed by atoms with E-state index in [1.165, 1.54) is 4.90 Å². The van der Waals surface area contributed by atoms with Crippen LogP contribution in [0.15, 0.2) is 6.07 Å². The highest BCUT2D eigenvalue weighted by Gasteiger charge is 2.24. The van der Waals surface area contributed by atoms with Crippen molar-refractivity contribution in [3.05, 3.63) is 29.3 Å². The summed E-state index contributed by atoms with van der Waals surface area (Å²) in [6.45, 7) is 2.17. The van der Waals surface area contributed by atoms with E-state index < -0.39 is 29.0 Å². The topological polar surface area (TPSA) is 15.3 Å². The van der Waals surface area contributed by atoms with Crippen molar-refractivity contribution in [2.75, 3.05) is 31.1 Å². The third-order valence-electron chi connectivity index (χ3n) is 2.97. The van der Waals surface area contributed by atoms with E-state index in [9.17, 15) is 17.6 Å². The van der Waals surface area contributed by atoms with Crippen molar-refractivity contribution >= 4 is 5.69 Å². The fourth-order valence-electron chi connectivity index (χ4n) is 2.09. The van der Waals surface area contributed by atoms with E-state index >= 15 is 0 Å². The Hall–Kier alpha value is -1.30. The van der Waals surface area contributed by atoms with Gasteiger partial charge in [-0.3, -0.25) is 0 Å². The highest BCUT2D eigenvalue weighted by Crippen LogP contribution is 2.28. The van der Waals surface area contributed by atoms with Gasteiger partial charge in [0.15, 0.2) is 23.3 Å². The summed E-state index contributed by atoms with van der Waals surface area (Å²) in [5, 5.41) is 3.15. The number of rotatable bonds is 1. The fraction of sp³-hybridized carbons (Fsp3) is 0.500. The van der Waals surface area contributed by atoms with Gasteiger partial charge in [-0.25, -0.2) is 17.6 Å². The quantitative estimate of drug-likeness (QED) is 0.617. The molecule has 2 nitrogen and oxygen atoms in total. The molecule has 0 saturated carbocycles. The lowest BCUT2D eigenvalue weighted by molar-refractivity contribution is 0.447. The summed E-state index contributed by atoms with van der Waals surface area (Å²) in [5.41, 5.74) is -0.589. The Morgan fingerprint density at radius 3 is 1.89 bits per heavy atom. The Bertz CT molecular complexity index is 402. The molecular formula is C12H14F4N2. The summed E-state index contributed by atoms with van der Waals surface area (Å²) < 4.78 is 53.5. The maximum absolute atomic E-state index is 13.6. The average molecular weight is 262 g/mol. The second-order valence-electron chi connectivity index (χ2n) is 4.26. The molecule has 0 unspecified atom stereocenters. The van der Waals surface area contributed by atoms with Gasteiger partial charge in [-0.05, 0) is 25.9 Å². The minimum Gasteiger partial charge on any atom is -0.367 e. The predicted molar refractivity (Wildman–Crippen MR) is 60.6 cm³/mol. The van der Waals surface area contributed by atoms with E-state index in [0.717, 1.165) is 13.1 Å². The van der Waals surface area contributed by atoms with Crippen LogP contribution in [0.5, 0.6) is 0 Å². The first-order chi connectivity index (χ1) is 8.61. The van der Waals surface area contributed by atoms with Gasteiger partial charge >= 0.3 is 0 Å². The molecule has 0 bridgehead atoms. The van der Waals surface area contributed by atoms with Crippen LogP contribution in [0.2, 0.25) is 0 Å². The van der Waals surface area contributed by atoms with E-state index in [-0.39, 0.29) is 6.07 Å². The van der Waals surface area contributed by atoms with E-state index in [4.69, 9.17) is 0 Å². The van der Waals surface area contributed by atoms with Gasteiger partial charge in [0.2, 0.25) is 0 Å². The molecule has 0 spiro atoms. The molecule has 1 heterocycles. The summed E-state index contributed by atoms with van der Waals surface area (Å²) in [5.74, 6) is -5.35. The van der Waals surface area contributed by atoms with E-state index in [2.05, 4.69) is 5.32 Å². The zero-order valence-electron chi connectivity index (χ0n) is 9.78. The molecule has 6 heteroatoms. The molecule has 1 aliphatic heterocycles. The monoisotopic (exact) mass is 262 g/mol. The number of hydrogen-bond acceptors (Lipinski definition) is 2. The van der Waals surface area contributed by atoms with Gasteiger partial charge in [0.1, 0.15) is 5.69 Å². The van der Waals surface area contributed by atoms with Gasteiger partial charge in [0.05, 0.1) is 0 Å². The third-order valence-corrected chi connectivity index (χ3v) is 2.97. The number of benzene rings is 1. The van der Waals surface area contributed by atoms with Crippen molar-refractivity contribution in [1.29, 1.82) is 0 Å². The van der Waals surface area contributed by atoms with Gasteiger partial charge in [0.25, 0.3) is 0 Å². The molecular weight excluding hydrogens is 248 g/mol. The zero-order chi connectivity index (χ0) is 13.1. The van der Waals surface area contributed by atoms with Crippen LogP contribution in [0.1, 0.15) is 12.8 Å². The zero-order valence-corrected chi connectivity index (χ0v) is 9.78. The van der Waals surface area contributed by atoms with Crippen LogP contribution in [0.3, 0.4) is 0 Å². The van der Waals surface area contributed by atoms with Crippen LogP contribution >= 0.6 is 0 Å². The first kappa shape index (κ1) is 13.1. The molecule has 1 aromatic carbocycles. The molecule has 18 heavy (non-hydrogen) atoms. The van der Waals surface area contributed by atoms with Crippen LogP contribution < -0.4 is 10.2 Å². The van der Waals surface area contributed by atoms with Crippen molar-refractivity contribution in [3.63, 3.8) is 0 Å². The molecule has 0 amide bonds. The highest BCUT2D eigenvalue weighted by atomic mass is 19.2. The largest absolute Gasteiger partial charge is 0.367 e.